The molecule has 1 fully saturated rings. The Labute approximate surface area is 87.7 Å². The van der Waals surface area contributed by atoms with Crippen LogP contribution >= 0.6 is 0 Å². The van der Waals surface area contributed by atoms with Gasteiger partial charge in [-0.15, -0.1) is 0 Å². The molecule has 1 saturated heterocycles. The van der Waals surface area contributed by atoms with Crippen LogP contribution in [0, 0.1) is 5.92 Å². The number of rotatable bonds is 5. The van der Waals surface area contributed by atoms with Crippen LogP contribution in [0.15, 0.2) is 0 Å². The van der Waals surface area contributed by atoms with E-state index < -0.39 is 0 Å². The van der Waals surface area contributed by atoms with Gasteiger partial charge < -0.3 is 4.79 Å². The summed E-state index contributed by atoms with van der Waals surface area (Å²) in [6, 6.07) is 0.211. The summed E-state index contributed by atoms with van der Waals surface area (Å²) in [4.78, 5) is 13.2. The molecular formula is C12H23NO. The highest BCUT2D eigenvalue weighted by atomic mass is 16.1. The van der Waals surface area contributed by atoms with Gasteiger partial charge >= 0.3 is 0 Å². The first kappa shape index (κ1) is 11.7. The highest BCUT2D eigenvalue weighted by molar-refractivity contribution is 5.57. The SMILES string of the molecule is CCCC(C)CN1CCCCC1C=O. The van der Waals surface area contributed by atoms with Gasteiger partial charge in [-0.25, -0.2) is 0 Å². The van der Waals surface area contributed by atoms with Gasteiger partial charge in [-0.3, -0.25) is 4.90 Å². The van der Waals surface area contributed by atoms with Gasteiger partial charge in [-0.1, -0.05) is 26.7 Å². The molecule has 2 heteroatoms. The molecule has 2 atom stereocenters. The van der Waals surface area contributed by atoms with Crippen molar-refractivity contribution in [3.05, 3.63) is 0 Å². The summed E-state index contributed by atoms with van der Waals surface area (Å²) in [5, 5.41) is 0. The topological polar surface area (TPSA) is 20.3 Å². The zero-order valence-corrected chi connectivity index (χ0v) is 9.54. The van der Waals surface area contributed by atoms with E-state index in [1.807, 2.05) is 0 Å². The Bertz CT molecular complexity index is 170. The fourth-order valence-electron chi connectivity index (χ4n) is 2.38. The minimum Gasteiger partial charge on any atom is -0.302 e. The average Bonchev–Trinajstić information content (AvgIpc) is 2.19. The first-order valence-corrected chi connectivity index (χ1v) is 5.97. The maximum atomic E-state index is 10.9. The van der Waals surface area contributed by atoms with Crippen molar-refractivity contribution >= 4 is 6.29 Å². The second kappa shape index (κ2) is 6.18. The van der Waals surface area contributed by atoms with E-state index in [1.54, 1.807) is 0 Å². The van der Waals surface area contributed by atoms with Crippen molar-refractivity contribution < 1.29 is 4.79 Å². The smallest absolute Gasteiger partial charge is 0.137 e. The van der Waals surface area contributed by atoms with Crippen molar-refractivity contribution in [3.8, 4) is 0 Å². The molecule has 1 heterocycles. The Balaban J connectivity index is 2.35. The quantitative estimate of drug-likeness (QED) is 0.631. The van der Waals surface area contributed by atoms with Crippen molar-refractivity contribution in [2.75, 3.05) is 13.1 Å². The van der Waals surface area contributed by atoms with E-state index >= 15 is 0 Å². The maximum absolute atomic E-state index is 10.9. The molecule has 0 saturated carbocycles. The van der Waals surface area contributed by atoms with Gasteiger partial charge in [-0.05, 0) is 31.7 Å². The van der Waals surface area contributed by atoms with Crippen LogP contribution in [0.3, 0.4) is 0 Å². The van der Waals surface area contributed by atoms with Crippen LogP contribution in [0.2, 0.25) is 0 Å². The molecule has 0 aliphatic carbocycles. The standard InChI is InChI=1S/C12H23NO/c1-3-6-11(2)9-13-8-5-4-7-12(13)10-14/h10-12H,3-9H2,1-2H3. The van der Waals surface area contributed by atoms with E-state index in [4.69, 9.17) is 0 Å². The summed E-state index contributed by atoms with van der Waals surface area (Å²) in [7, 11) is 0. The summed E-state index contributed by atoms with van der Waals surface area (Å²) in [6.45, 7) is 6.75. The lowest BCUT2D eigenvalue weighted by atomic mass is 9.99. The summed E-state index contributed by atoms with van der Waals surface area (Å²) in [6.07, 6.45) is 7.23. The molecule has 0 aromatic rings. The number of carbonyl (C=O) groups excluding carboxylic acids is 1. The van der Waals surface area contributed by atoms with E-state index in [9.17, 15) is 4.79 Å². The van der Waals surface area contributed by atoms with Crippen molar-refractivity contribution in [2.45, 2.75) is 52.0 Å². The van der Waals surface area contributed by atoms with E-state index in [1.165, 1.54) is 25.7 Å². The van der Waals surface area contributed by atoms with Crippen LogP contribution in [0.25, 0.3) is 0 Å². The highest BCUT2D eigenvalue weighted by Crippen LogP contribution is 2.18. The van der Waals surface area contributed by atoms with Gasteiger partial charge in [0, 0.05) is 6.54 Å². The van der Waals surface area contributed by atoms with E-state index in [0.717, 1.165) is 31.7 Å². The summed E-state index contributed by atoms with van der Waals surface area (Å²) in [5.41, 5.74) is 0. The van der Waals surface area contributed by atoms with Gasteiger partial charge in [-0.2, -0.15) is 0 Å². The Kier molecular flexibility index (Phi) is 5.16. The lowest BCUT2D eigenvalue weighted by Gasteiger charge is -2.34. The van der Waals surface area contributed by atoms with Crippen LogP contribution in [-0.4, -0.2) is 30.3 Å². The number of aldehydes is 1. The van der Waals surface area contributed by atoms with E-state index in [2.05, 4.69) is 18.7 Å². The van der Waals surface area contributed by atoms with Gasteiger partial charge in [0.05, 0.1) is 6.04 Å². The molecular weight excluding hydrogens is 174 g/mol. The predicted molar refractivity (Wildman–Crippen MR) is 59.3 cm³/mol. The van der Waals surface area contributed by atoms with Gasteiger partial charge in [0.25, 0.3) is 0 Å². The highest BCUT2D eigenvalue weighted by Gasteiger charge is 2.22. The number of nitrogens with zero attached hydrogens (tertiary/aromatic N) is 1. The maximum Gasteiger partial charge on any atom is 0.137 e. The van der Waals surface area contributed by atoms with Crippen molar-refractivity contribution in [1.29, 1.82) is 0 Å². The van der Waals surface area contributed by atoms with Gasteiger partial charge in [0.15, 0.2) is 0 Å². The lowest BCUT2D eigenvalue weighted by Crippen LogP contribution is -2.42. The zero-order chi connectivity index (χ0) is 10.4. The van der Waals surface area contributed by atoms with Crippen molar-refractivity contribution in [2.24, 2.45) is 5.92 Å². The molecule has 0 N–H and O–H groups in total. The number of hydrogen-bond acceptors (Lipinski definition) is 2. The van der Waals surface area contributed by atoms with Crippen molar-refractivity contribution in [3.63, 3.8) is 0 Å². The predicted octanol–water partition coefficient (Wildman–Crippen LogP) is 2.48. The molecule has 0 aromatic carbocycles. The number of likely N-dealkylation sites (tertiary alicyclic amines) is 1. The summed E-state index contributed by atoms with van der Waals surface area (Å²) >= 11 is 0. The summed E-state index contributed by atoms with van der Waals surface area (Å²) < 4.78 is 0. The average molecular weight is 197 g/mol. The van der Waals surface area contributed by atoms with Crippen LogP contribution in [0.1, 0.15) is 46.0 Å². The fraction of sp³-hybridized carbons (Fsp3) is 0.917. The third kappa shape index (κ3) is 3.41. The van der Waals surface area contributed by atoms with E-state index in [0.29, 0.717) is 0 Å². The normalized spacial score (nSPS) is 26.0. The monoisotopic (exact) mass is 197 g/mol. The molecule has 14 heavy (non-hydrogen) atoms. The second-order valence-corrected chi connectivity index (χ2v) is 4.59. The Morgan fingerprint density at radius 2 is 2.29 bits per heavy atom. The number of piperidine rings is 1. The Hall–Kier alpha value is -0.370. The third-order valence-electron chi connectivity index (χ3n) is 3.15. The molecule has 0 bridgehead atoms. The zero-order valence-electron chi connectivity index (χ0n) is 9.54. The molecule has 82 valence electrons. The summed E-state index contributed by atoms with van der Waals surface area (Å²) in [5.74, 6) is 0.737. The minimum absolute atomic E-state index is 0.211. The number of hydrogen-bond donors (Lipinski definition) is 0. The largest absolute Gasteiger partial charge is 0.302 e. The number of carbonyl (C=O) groups is 1. The second-order valence-electron chi connectivity index (χ2n) is 4.59. The fourth-order valence-corrected chi connectivity index (χ4v) is 2.38. The van der Waals surface area contributed by atoms with Crippen LogP contribution < -0.4 is 0 Å². The molecule has 0 aromatic heterocycles. The molecule has 0 spiro atoms. The van der Waals surface area contributed by atoms with Crippen LogP contribution in [0.4, 0.5) is 0 Å². The minimum atomic E-state index is 0.211. The van der Waals surface area contributed by atoms with Crippen LogP contribution in [0.5, 0.6) is 0 Å². The Morgan fingerprint density at radius 3 is 2.93 bits per heavy atom. The van der Waals surface area contributed by atoms with Crippen LogP contribution in [-0.2, 0) is 4.79 Å². The lowest BCUT2D eigenvalue weighted by molar-refractivity contribution is -0.113. The Morgan fingerprint density at radius 1 is 1.50 bits per heavy atom. The first-order chi connectivity index (χ1) is 6.77. The van der Waals surface area contributed by atoms with E-state index in [-0.39, 0.29) is 6.04 Å². The molecule has 2 nitrogen and oxygen atoms in total. The van der Waals surface area contributed by atoms with Gasteiger partial charge in [0.2, 0.25) is 0 Å². The molecule has 0 radical (unpaired) electrons. The van der Waals surface area contributed by atoms with Gasteiger partial charge in [0.1, 0.15) is 6.29 Å². The molecule has 1 aliphatic heterocycles. The van der Waals surface area contributed by atoms with Crippen molar-refractivity contribution in [1.82, 2.24) is 4.90 Å². The molecule has 1 aliphatic rings. The first-order valence-electron chi connectivity index (χ1n) is 5.97. The molecule has 2 unspecified atom stereocenters. The third-order valence-corrected chi connectivity index (χ3v) is 3.15. The molecule has 0 amide bonds. The molecule has 1 rings (SSSR count).